The number of urea groups is 1. The van der Waals surface area contributed by atoms with Crippen molar-refractivity contribution < 1.29 is 24.3 Å². The number of hydrogen-bond donors (Lipinski definition) is 5. The number of carboxylic acid groups (broad SMARTS) is 1. The molecular formula is C26H38N6O5. The van der Waals surface area contributed by atoms with E-state index in [0.717, 1.165) is 37.0 Å². The number of rotatable bonds is 10. The van der Waals surface area contributed by atoms with Crippen LogP contribution in [-0.4, -0.2) is 74.5 Å². The van der Waals surface area contributed by atoms with Crippen molar-refractivity contribution in [1.29, 1.82) is 0 Å². The lowest BCUT2D eigenvalue weighted by Crippen LogP contribution is -2.61. The Labute approximate surface area is 216 Å². The topological polar surface area (TPSA) is 157 Å². The van der Waals surface area contributed by atoms with E-state index in [1.54, 1.807) is 6.20 Å². The van der Waals surface area contributed by atoms with Crippen molar-refractivity contribution in [3.63, 3.8) is 0 Å². The molecule has 4 amide bonds. The molecule has 4 aliphatic carbocycles. The summed E-state index contributed by atoms with van der Waals surface area (Å²) in [5.74, 6) is 0.500. The van der Waals surface area contributed by atoms with Gasteiger partial charge in [-0.15, -0.1) is 0 Å². The molecule has 5 fully saturated rings. The van der Waals surface area contributed by atoms with Crippen molar-refractivity contribution in [1.82, 2.24) is 30.8 Å². The van der Waals surface area contributed by atoms with Gasteiger partial charge in [-0.1, -0.05) is 0 Å². The summed E-state index contributed by atoms with van der Waals surface area (Å²) in [5.41, 5.74) is 0.618. The van der Waals surface area contributed by atoms with Gasteiger partial charge in [0.1, 0.15) is 12.1 Å². The predicted molar refractivity (Wildman–Crippen MR) is 133 cm³/mol. The fourth-order valence-electron chi connectivity index (χ4n) is 7.57. The summed E-state index contributed by atoms with van der Waals surface area (Å²) >= 11 is 0. The minimum atomic E-state index is -1.03. The Balaban J connectivity index is 1.08. The van der Waals surface area contributed by atoms with E-state index in [0.29, 0.717) is 38.0 Å². The maximum atomic E-state index is 13.2. The van der Waals surface area contributed by atoms with Gasteiger partial charge < -0.3 is 30.9 Å². The summed E-state index contributed by atoms with van der Waals surface area (Å²) in [6.07, 6.45) is 12.1. The number of imidazole rings is 1. The lowest BCUT2D eigenvalue weighted by molar-refractivity contribution is -0.149. The van der Waals surface area contributed by atoms with Gasteiger partial charge in [0.15, 0.2) is 0 Å². The van der Waals surface area contributed by atoms with Gasteiger partial charge in [0.2, 0.25) is 11.8 Å². The van der Waals surface area contributed by atoms with Crippen LogP contribution in [-0.2, 0) is 20.8 Å². The van der Waals surface area contributed by atoms with Crippen LogP contribution in [0.4, 0.5) is 4.79 Å². The van der Waals surface area contributed by atoms with E-state index < -0.39 is 24.0 Å². The zero-order valence-electron chi connectivity index (χ0n) is 21.2. The molecule has 2 unspecified atom stereocenters. The van der Waals surface area contributed by atoms with Crippen molar-refractivity contribution in [2.45, 2.75) is 88.3 Å². The van der Waals surface area contributed by atoms with Gasteiger partial charge in [0.25, 0.3) is 0 Å². The predicted octanol–water partition coefficient (Wildman–Crippen LogP) is 1.56. The number of carbonyl (C=O) groups excluding carboxylic acids is 3. The van der Waals surface area contributed by atoms with Crippen LogP contribution in [0.15, 0.2) is 12.5 Å². The highest BCUT2D eigenvalue weighted by molar-refractivity contribution is 5.91. The molecule has 202 valence electrons. The van der Waals surface area contributed by atoms with Crippen LogP contribution in [0, 0.1) is 17.8 Å². The maximum absolute atomic E-state index is 13.2. The average Bonchev–Trinajstić information content (AvgIpc) is 3.52. The quantitative estimate of drug-likeness (QED) is 0.298. The lowest BCUT2D eigenvalue weighted by atomic mass is 9.53. The second-order valence-corrected chi connectivity index (χ2v) is 11.6. The molecule has 11 nitrogen and oxygen atoms in total. The first-order chi connectivity index (χ1) is 17.8. The number of H-pyrrole nitrogens is 1. The molecule has 1 aliphatic heterocycles. The summed E-state index contributed by atoms with van der Waals surface area (Å²) < 4.78 is 0. The fourth-order valence-corrected chi connectivity index (χ4v) is 7.57. The number of amides is 4. The summed E-state index contributed by atoms with van der Waals surface area (Å²) in [5, 5.41) is 18.4. The number of carboxylic acids is 1. The van der Waals surface area contributed by atoms with Gasteiger partial charge in [0.05, 0.1) is 6.33 Å². The van der Waals surface area contributed by atoms with Gasteiger partial charge in [-0.25, -0.2) is 14.6 Å². The van der Waals surface area contributed by atoms with Crippen LogP contribution in [0.3, 0.4) is 0 Å². The smallest absolute Gasteiger partial charge is 0.326 e. The third kappa shape index (κ3) is 5.91. The van der Waals surface area contributed by atoms with Crippen LogP contribution < -0.4 is 16.0 Å². The first-order valence-electron chi connectivity index (χ1n) is 13.7. The van der Waals surface area contributed by atoms with E-state index in [4.69, 9.17) is 0 Å². The number of hydrogen-bond acceptors (Lipinski definition) is 5. The number of nitrogens with one attached hydrogen (secondary N) is 4. The molecule has 2 heterocycles. The third-order valence-electron chi connectivity index (χ3n) is 8.72. The number of likely N-dealkylation sites (tertiary alicyclic amines) is 1. The molecule has 1 saturated heterocycles. The van der Waals surface area contributed by atoms with E-state index in [9.17, 15) is 24.3 Å². The normalized spacial score (nSPS) is 30.6. The second-order valence-electron chi connectivity index (χ2n) is 11.6. The van der Waals surface area contributed by atoms with Crippen LogP contribution in [0.1, 0.15) is 69.9 Å². The molecule has 6 rings (SSSR count). The number of aromatic nitrogens is 2. The Hall–Kier alpha value is -3.11. The molecule has 37 heavy (non-hydrogen) atoms. The van der Waals surface area contributed by atoms with E-state index in [-0.39, 0.29) is 30.3 Å². The van der Waals surface area contributed by atoms with Crippen molar-refractivity contribution in [3.8, 4) is 0 Å². The van der Waals surface area contributed by atoms with Crippen LogP contribution in [0.5, 0.6) is 0 Å². The molecule has 2 atom stereocenters. The zero-order valence-corrected chi connectivity index (χ0v) is 21.2. The molecular weight excluding hydrogens is 476 g/mol. The average molecular weight is 515 g/mol. The minimum Gasteiger partial charge on any atom is -0.480 e. The van der Waals surface area contributed by atoms with Gasteiger partial charge >= 0.3 is 12.0 Å². The molecule has 4 bridgehead atoms. The lowest BCUT2D eigenvalue weighted by Gasteiger charge is -2.56. The van der Waals surface area contributed by atoms with Gasteiger partial charge in [-0.05, 0) is 75.5 Å². The highest BCUT2D eigenvalue weighted by Gasteiger charge is 2.51. The largest absolute Gasteiger partial charge is 0.480 e. The standard InChI is InChI=1S/C26H38N6O5/c33-22(4-1-5-28-25(37)31-26-11-16-7-17(12-26)9-18(8-16)13-26)30-20(10-19-14-27-15-29-19)23(34)32-6-2-3-21(32)24(35)36/h14-18,20-21H,1-13H2,(H,27,29)(H,30,33)(H,35,36)(H2,28,31,37). The Morgan fingerprint density at radius 1 is 1.14 bits per heavy atom. The van der Waals surface area contributed by atoms with Crippen LogP contribution in [0.25, 0.3) is 0 Å². The van der Waals surface area contributed by atoms with Crippen molar-refractivity contribution in [2.24, 2.45) is 17.8 Å². The van der Waals surface area contributed by atoms with Gasteiger partial charge in [-0.2, -0.15) is 0 Å². The monoisotopic (exact) mass is 514 g/mol. The van der Waals surface area contributed by atoms with Crippen molar-refractivity contribution in [3.05, 3.63) is 18.2 Å². The summed E-state index contributed by atoms with van der Waals surface area (Å²) in [7, 11) is 0. The highest BCUT2D eigenvalue weighted by Crippen LogP contribution is 2.55. The Bertz CT molecular complexity index is 976. The summed E-state index contributed by atoms with van der Waals surface area (Å²) in [4.78, 5) is 58.3. The molecule has 5 N–H and O–H groups in total. The number of nitrogens with zero attached hydrogens (tertiary/aromatic N) is 2. The van der Waals surface area contributed by atoms with Crippen LogP contribution >= 0.6 is 0 Å². The first kappa shape index (κ1) is 25.5. The van der Waals surface area contributed by atoms with E-state index >= 15 is 0 Å². The first-order valence-corrected chi connectivity index (χ1v) is 13.7. The summed E-state index contributed by atoms with van der Waals surface area (Å²) in [6.45, 7) is 0.714. The zero-order chi connectivity index (χ0) is 26.0. The van der Waals surface area contributed by atoms with E-state index in [2.05, 4.69) is 25.9 Å². The summed E-state index contributed by atoms with van der Waals surface area (Å²) in [6, 6.07) is -1.92. The maximum Gasteiger partial charge on any atom is 0.326 e. The van der Waals surface area contributed by atoms with Crippen LogP contribution in [0.2, 0.25) is 0 Å². The van der Waals surface area contributed by atoms with Crippen molar-refractivity contribution in [2.75, 3.05) is 13.1 Å². The number of aromatic amines is 1. The number of carbonyl (C=O) groups is 4. The second kappa shape index (κ2) is 10.7. The third-order valence-corrected chi connectivity index (χ3v) is 8.72. The number of aliphatic carboxylic acids is 1. The van der Waals surface area contributed by atoms with E-state index in [1.807, 2.05) is 0 Å². The van der Waals surface area contributed by atoms with Gasteiger partial charge in [-0.3, -0.25) is 9.59 Å². The molecule has 1 aromatic heterocycles. The molecule has 11 heteroatoms. The molecule has 4 saturated carbocycles. The fraction of sp³-hybridized carbons (Fsp3) is 0.731. The van der Waals surface area contributed by atoms with E-state index in [1.165, 1.54) is 30.5 Å². The molecule has 0 aromatic carbocycles. The SMILES string of the molecule is O=C(CCCNC(=O)NC12CC3CC(CC(C3)C1)C2)NC(Cc1cnc[nH]1)C(=O)N1CCCC1C(=O)O. The van der Waals surface area contributed by atoms with Gasteiger partial charge in [0, 0.05) is 43.4 Å². The Morgan fingerprint density at radius 2 is 1.84 bits per heavy atom. The van der Waals surface area contributed by atoms with Crippen molar-refractivity contribution >= 4 is 23.8 Å². The Kier molecular flexibility index (Phi) is 7.39. The molecule has 5 aliphatic rings. The minimum absolute atomic E-state index is 0.0557. The molecule has 0 spiro atoms. The highest BCUT2D eigenvalue weighted by atomic mass is 16.4. The molecule has 0 radical (unpaired) electrons. The Morgan fingerprint density at radius 3 is 2.46 bits per heavy atom. The molecule has 1 aromatic rings.